The van der Waals surface area contributed by atoms with Crippen LogP contribution in [0, 0.1) is 28.3 Å². The van der Waals surface area contributed by atoms with Gasteiger partial charge in [-0.25, -0.2) is 9.18 Å². The molecule has 0 aromatic heterocycles. The molecule has 1 aromatic rings. The Morgan fingerprint density at radius 2 is 2.00 bits per heavy atom. The van der Waals surface area contributed by atoms with Crippen LogP contribution in [0.5, 0.6) is 5.75 Å². The SMILES string of the molecule is C#CC(=O)N(Oc1ccc([N+](=O)[O-])cc1F)C(=O)N(C)CC(F)(F)F. The zero-order valence-electron chi connectivity index (χ0n) is 12.4. The highest BCUT2D eigenvalue weighted by Gasteiger charge is 2.35. The molecule has 0 aliphatic carbocycles. The van der Waals surface area contributed by atoms with Crippen LogP contribution >= 0.6 is 0 Å². The van der Waals surface area contributed by atoms with Crippen molar-refractivity contribution in [1.82, 2.24) is 9.96 Å². The number of carbonyl (C=O) groups excluding carboxylic acids is 2. The van der Waals surface area contributed by atoms with E-state index in [1.807, 2.05) is 0 Å². The zero-order valence-corrected chi connectivity index (χ0v) is 12.4. The number of urea groups is 1. The van der Waals surface area contributed by atoms with E-state index in [2.05, 4.69) is 4.84 Å². The molecule has 0 bridgehead atoms. The summed E-state index contributed by atoms with van der Waals surface area (Å²) >= 11 is 0. The summed E-state index contributed by atoms with van der Waals surface area (Å²) in [6.45, 7) is -1.73. The van der Waals surface area contributed by atoms with Gasteiger partial charge in [0.1, 0.15) is 6.54 Å². The number of rotatable bonds is 4. The molecule has 0 unspecified atom stereocenters. The highest BCUT2D eigenvalue weighted by molar-refractivity contribution is 6.02. The number of nitro benzene ring substituents is 1. The van der Waals surface area contributed by atoms with Crippen LogP contribution in [0.2, 0.25) is 0 Å². The van der Waals surface area contributed by atoms with E-state index in [1.165, 1.54) is 5.92 Å². The lowest BCUT2D eigenvalue weighted by Gasteiger charge is -2.25. The molecule has 25 heavy (non-hydrogen) atoms. The van der Waals surface area contributed by atoms with Crippen molar-refractivity contribution in [3.8, 4) is 18.1 Å². The Kier molecular flexibility index (Phi) is 5.88. The van der Waals surface area contributed by atoms with Crippen molar-refractivity contribution in [2.24, 2.45) is 0 Å². The fraction of sp³-hybridized carbons (Fsp3) is 0.231. The Labute approximate surface area is 137 Å². The van der Waals surface area contributed by atoms with Crippen LogP contribution in [0.25, 0.3) is 0 Å². The maximum Gasteiger partial charge on any atom is 0.406 e. The third-order valence-electron chi connectivity index (χ3n) is 2.54. The number of benzene rings is 1. The molecule has 0 aliphatic rings. The maximum atomic E-state index is 13.7. The van der Waals surface area contributed by atoms with Gasteiger partial charge in [0, 0.05) is 13.1 Å². The van der Waals surface area contributed by atoms with Crippen molar-refractivity contribution in [3.05, 3.63) is 34.1 Å². The molecule has 0 saturated heterocycles. The number of non-ortho nitro benzene ring substituents is 1. The molecule has 1 rings (SSSR count). The third-order valence-corrected chi connectivity index (χ3v) is 2.54. The molecular formula is C13H9F4N3O5. The van der Waals surface area contributed by atoms with Gasteiger partial charge >= 0.3 is 18.1 Å². The average molecular weight is 363 g/mol. The molecule has 0 spiro atoms. The van der Waals surface area contributed by atoms with Crippen molar-refractivity contribution in [3.63, 3.8) is 0 Å². The highest BCUT2D eigenvalue weighted by Crippen LogP contribution is 2.24. The lowest BCUT2D eigenvalue weighted by Crippen LogP contribution is -2.48. The first-order valence-corrected chi connectivity index (χ1v) is 6.20. The van der Waals surface area contributed by atoms with Crippen LogP contribution in [0.1, 0.15) is 0 Å². The van der Waals surface area contributed by atoms with Gasteiger partial charge in [-0.05, 0) is 12.0 Å². The molecule has 0 radical (unpaired) electrons. The molecule has 8 nitrogen and oxygen atoms in total. The fourth-order valence-electron chi connectivity index (χ4n) is 1.49. The normalized spacial score (nSPS) is 10.6. The molecular weight excluding hydrogens is 354 g/mol. The Balaban J connectivity index is 3.09. The van der Waals surface area contributed by atoms with Gasteiger partial charge in [-0.15, -0.1) is 6.42 Å². The van der Waals surface area contributed by atoms with E-state index in [1.54, 1.807) is 0 Å². The topological polar surface area (TPSA) is 93.0 Å². The number of imide groups is 1. The van der Waals surface area contributed by atoms with Gasteiger partial charge in [0.25, 0.3) is 5.69 Å². The van der Waals surface area contributed by atoms with Gasteiger partial charge in [0.2, 0.25) is 0 Å². The van der Waals surface area contributed by atoms with Gasteiger partial charge in [-0.3, -0.25) is 14.9 Å². The van der Waals surface area contributed by atoms with Crippen molar-refractivity contribution >= 4 is 17.6 Å². The molecule has 134 valence electrons. The summed E-state index contributed by atoms with van der Waals surface area (Å²) < 4.78 is 50.7. The first-order chi connectivity index (χ1) is 11.5. The first-order valence-electron chi connectivity index (χ1n) is 6.20. The van der Waals surface area contributed by atoms with Gasteiger partial charge in [0.15, 0.2) is 11.6 Å². The molecule has 3 amide bonds. The lowest BCUT2D eigenvalue weighted by atomic mass is 10.3. The second-order valence-corrected chi connectivity index (χ2v) is 4.46. The smallest absolute Gasteiger partial charge is 0.364 e. The summed E-state index contributed by atoms with van der Waals surface area (Å²) in [5, 5.41) is 10.2. The van der Waals surface area contributed by atoms with E-state index in [0.717, 1.165) is 6.07 Å². The monoisotopic (exact) mass is 363 g/mol. The minimum atomic E-state index is -4.77. The van der Waals surface area contributed by atoms with Crippen LogP contribution in [-0.2, 0) is 4.79 Å². The van der Waals surface area contributed by atoms with Crippen LogP contribution in [0.15, 0.2) is 18.2 Å². The second kappa shape index (κ2) is 7.47. The lowest BCUT2D eigenvalue weighted by molar-refractivity contribution is -0.385. The number of nitro groups is 1. The van der Waals surface area contributed by atoms with E-state index in [4.69, 9.17) is 6.42 Å². The van der Waals surface area contributed by atoms with Crippen molar-refractivity contribution in [2.45, 2.75) is 6.18 Å². The van der Waals surface area contributed by atoms with Crippen molar-refractivity contribution in [1.29, 1.82) is 0 Å². The minimum absolute atomic E-state index is 0.0680. The summed E-state index contributed by atoms with van der Waals surface area (Å²) in [7, 11) is 0.710. The summed E-state index contributed by atoms with van der Waals surface area (Å²) in [6, 6.07) is 0.318. The Morgan fingerprint density at radius 3 is 2.44 bits per heavy atom. The third kappa shape index (κ3) is 5.34. The molecule has 0 fully saturated rings. The van der Waals surface area contributed by atoms with E-state index < -0.39 is 46.8 Å². The van der Waals surface area contributed by atoms with Gasteiger partial charge in [0.05, 0.1) is 11.0 Å². The molecule has 12 heteroatoms. The van der Waals surface area contributed by atoms with Crippen LogP contribution < -0.4 is 4.84 Å². The van der Waals surface area contributed by atoms with E-state index in [-0.39, 0.29) is 9.96 Å². The number of alkyl halides is 3. The van der Waals surface area contributed by atoms with E-state index in [9.17, 15) is 37.3 Å². The molecule has 0 heterocycles. The first kappa shape index (κ1) is 19.7. The van der Waals surface area contributed by atoms with Gasteiger partial charge in [-0.2, -0.15) is 13.2 Å². The highest BCUT2D eigenvalue weighted by atomic mass is 19.4. The Hall–Kier alpha value is -3.36. The average Bonchev–Trinajstić information content (AvgIpc) is 2.50. The van der Waals surface area contributed by atoms with Crippen LogP contribution in [-0.4, -0.2) is 46.6 Å². The fourth-order valence-corrected chi connectivity index (χ4v) is 1.49. The Bertz CT molecular complexity index is 744. The standard InChI is InChI=1S/C13H9F4N3O5/c1-3-11(21)19(12(22)18(2)7-13(15,16)17)25-10-5-4-8(20(23)24)6-9(10)14/h1,4-6H,7H2,2H3. The molecule has 0 saturated carbocycles. The predicted molar refractivity (Wildman–Crippen MR) is 73.4 cm³/mol. The summed E-state index contributed by atoms with van der Waals surface area (Å²) in [6.07, 6.45) is 0.0265. The number of carbonyl (C=O) groups is 2. The molecule has 0 atom stereocenters. The number of hydrogen-bond acceptors (Lipinski definition) is 5. The summed E-state index contributed by atoms with van der Waals surface area (Å²) in [5.41, 5.74) is -0.653. The second-order valence-electron chi connectivity index (χ2n) is 4.46. The van der Waals surface area contributed by atoms with Crippen molar-refractivity contribution < 1.29 is 36.9 Å². The van der Waals surface area contributed by atoms with Crippen molar-refractivity contribution in [2.75, 3.05) is 13.6 Å². The zero-order chi connectivity index (χ0) is 19.4. The van der Waals surface area contributed by atoms with Crippen LogP contribution in [0.4, 0.5) is 28.0 Å². The number of halogens is 4. The number of hydrogen-bond donors (Lipinski definition) is 0. The number of amides is 3. The number of hydroxylamine groups is 2. The quantitative estimate of drug-likeness (QED) is 0.354. The number of nitrogens with zero attached hydrogens (tertiary/aromatic N) is 3. The largest absolute Gasteiger partial charge is 0.406 e. The van der Waals surface area contributed by atoms with E-state index in [0.29, 0.717) is 19.2 Å². The Morgan fingerprint density at radius 1 is 1.40 bits per heavy atom. The molecule has 0 aliphatic heterocycles. The summed E-state index contributed by atoms with van der Waals surface area (Å²) in [5.74, 6) is -2.24. The minimum Gasteiger partial charge on any atom is -0.364 e. The van der Waals surface area contributed by atoms with Crippen LogP contribution in [0.3, 0.4) is 0 Å². The maximum absolute atomic E-state index is 13.7. The molecule has 0 N–H and O–H groups in total. The number of terminal acetylenes is 1. The molecule has 1 aromatic carbocycles. The van der Waals surface area contributed by atoms with E-state index >= 15 is 0 Å². The van der Waals surface area contributed by atoms with Gasteiger partial charge < -0.3 is 9.74 Å². The van der Waals surface area contributed by atoms with Gasteiger partial charge in [-0.1, -0.05) is 5.06 Å². The predicted octanol–water partition coefficient (Wildman–Crippen LogP) is 2.10. The summed E-state index contributed by atoms with van der Waals surface area (Å²) in [4.78, 5) is 37.7.